The van der Waals surface area contributed by atoms with Crippen LogP contribution in [0.25, 0.3) is 0 Å². The highest BCUT2D eigenvalue weighted by Gasteiger charge is 2.31. The maximum atomic E-state index is 11.3. The Bertz CT molecular complexity index is 437. The number of hydrogen-bond acceptors (Lipinski definition) is 1. The second-order valence-electron chi connectivity index (χ2n) is 6.21. The van der Waals surface area contributed by atoms with Crippen LogP contribution in [0, 0.1) is 6.92 Å². The highest BCUT2D eigenvalue weighted by atomic mass is 16.4. The first-order valence-electron chi connectivity index (χ1n) is 5.92. The molecule has 0 bridgehead atoms. The second-order valence-corrected chi connectivity index (χ2v) is 6.21. The number of aryl methyl sites for hydroxylation is 1. The quantitative estimate of drug-likeness (QED) is 0.848. The number of hydrogen-bond donors (Lipinski definition) is 1. The Morgan fingerprint density at radius 2 is 1.65 bits per heavy atom. The molecule has 0 spiro atoms. The van der Waals surface area contributed by atoms with E-state index in [4.69, 9.17) is 0 Å². The topological polar surface area (TPSA) is 37.3 Å². The summed E-state index contributed by atoms with van der Waals surface area (Å²) in [4.78, 5) is 11.3. The van der Waals surface area contributed by atoms with Crippen LogP contribution in [0.1, 0.15) is 51.3 Å². The van der Waals surface area contributed by atoms with Gasteiger partial charge in [-0.25, -0.2) is 0 Å². The minimum atomic E-state index is -0.842. The second kappa shape index (κ2) is 4.17. The molecule has 2 heteroatoms. The lowest BCUT2D eigenvalue weighted by molar-refractivity contribution is -0.142. The van der Waals surface area contributed by atoms with Gasteiger partial charge in [-0.15, -0.1) is 0 Å². The minimum Gasteiger partial charge on any atom is -0.481 e. The van der Waals surface area contributed by atoms with Gasteiger partial charge in [0.1, 0.15) is 0 Å². The monoisotopic (exact) mass is 234 g/mol. The molecule has 2 nitrogen and oxygen atoms in total. The van der Waals surface area contributed by atoms with Gasteiger partial charge < -0.3 is 5.11 Å². The third-order valence-electron chi connectivity index (χ3n) is 3.31. The van der Waals surface area contributed by atoms with Gasteiger partial charge in [-0.3, -0.25) is 4.79 Å². The zero-order valence-electron chi connectivity index (χ0n) is 11.6. The van der Waals surface area contributed by atoms with Gasteiger partial charge in [-0.1, -0.05) is 39.0 Å². The number of carboxylic acid groups (broad SMARTS) is 1. The average molecular weight is 234 g/mol. The van der Waals surface area contributed by atoms with Gasteiger partial charge >= 0.3 is 5.97 Å². The first kappa shape index (κ1) is 13.8. The number of benzene rings is 1. The summed E-state index contributed by atoms with van der Waals surface area (Å²) < 4.78 is 0. The van der Waals surface area contributed by atoms with Crippen LogP contribution in [0.3, 0.4) is 0 Å². The lowest BCUT2D eigenvalue weighted by Gasteiger charge is -2.26. The van der Waals surface area contributed by atoms with E-state index in [9.17, 15) is 9.90 Å². The van der Waals surface area contributed by atoms with Crippen LogP contribution in [0.4, 0.5) is 0 Å². The first-order valence-corrected chi connectivity index (χ1v) is 5.92. The van der Waals surface area contributed by atoms with Crippen molar-refractivity contribution in [3.05, 3.63) is 34.9 Å². The molecule has 0 aliphatic rings. The number of carboxylic acids is 1. The fourth-order valence-corrected chi connectivity index (χ4v) is 1.88. The zero-order valence-corrected chi connectivity index (χ0v) is 11.6. The Morgan fingerprint density at radius 1 is 1.12 bits per heavy atom. The molecule has 0 saturated heterocycles. The first-order chi connectivity index (χ1) is 7.56. The molecule has 0 atom stereocenters. The predicted octanol–water partition coefficient (Wildman–Crippen LogP) is 3.65. The molecule has 0 aromatic heterocycles. The average Bonchev–Trinajstić information content (AvgIpc) is 2.15. The van der Waals surface area contributed by atoms with Gasteiger partial charge in [0.05, 0.1) is 5.41 Å². The van der Waals surface area contributed by atoms with Gasteiger partial charge in [0, 0.05) is 0 Å². The van der Waals surface area contributed by atoms with E-state index in [1.165, 1.54) is 5.56 Å². The Labute approximate surface area is 104 Å². The molecule has 0 aliphatic heterocycles. The summed E-state index contributed by atoms with van der Waals surface area (Å²) in [7, 11) is 0. The molecular formula is C15H22O2. The van der Waals surface area contributed by atoms with Crippen LogP contribution in [-0.2, 0) is 15.6 Å². The normalized spacial score (nSPS) is 12.6. The fourth-order valence-electron chi connectivity index (χ4n) is 1.88. The van der Waals surface area contributed by atoms with E-state index in [1.54, 1.807) is 13.8 Å². The Morgan fingerprint density at radius 3 is 2.06 bits per heavy atom. The third kappa shape index (κ3) is 2.68. The Balaban J connectivity index is 3.39. The van der Waals surface area contributed by atoms with Crippen molar-refractivity contribution in [3.8, 4) is 0 Å². The highest BCUT2D eigenvalue weighted by Crippen LogP contribution is 2.31. The van der Waals surface area contributed by atoms with E-state index >= 15 is 0 Å². The molecule has 0 aliphatic carbocycles. The molecule has 0 heterocycles. The molecule has 17 heavy (non-hydrogen) atoms. The molecule has 1 aromatic carbocycles. The summed E-state index contributed by atoms with van der Waals surface area (Å²) in [6.45, 7) is 11.9. The molecule has 0 fully saturated rings. The molecular weight excluding hydrogens is 212 g/mol. The van der Waals surface area contributed by atoms with E-state index in [1.807, 2.05) is 19.1 Å². The largest absolute Gasteiger partial charge is 0.481 e. The van der Waals surface area contributed by atoms with E-state index in [2.05, 4.69) is 26.8 Å². The van der Waals surface area contributed by atoms with Crippen LogP contribution in [0.5, 0.6) is 0 Å². The van der Waals surface area contributed by atoms with Crippen molar-refractivity contribution in [1.82, 2.24) is 0 Å². The Kier molecular flexibility index (Phi) is 3.37. The lowest BCUT2D eigenvalue weighted by atomic mass is 9.78. The van der Waals surface area contributed by atoms with Crippen molar-refractivity contribution >= 4 is 5.97 Å². The molecule has 0 amide bonds. The molecule has 0 saturated carbocycles. The molecule has 0 radical (unpaired) electrons. The van der Waals surface area contributed by atoms with Gasteiger partial charge in [0.2, 0.25) is 0 Å². The van der Waals surface area contributed by atoms with E-state index in [-0.39, 0.29) is 5.41 Å². The lowest BCUT2D eigenvalue weighted by Crippen LogP contribution is -2.30. The standard InChI is InChI=1S/C15H22O2/c1-10-7-8-11(14(2,3)4)9-12(10)15(5,6)13(16)17/h7-9H,1-6H3,(H,16,17). The summed E-state index contributed by atoms with van der Waals surface area (Å²) in [5.74, 6) is -0.786. The maximum absolute atomic E-state index is 11.3. The van der Waals surface area contributed by atoms with Gasteiger partial charge in [-0.05, 0) is 42.9 Å². The van der Waals surface area contributed by atoms with E-state index in [0.29, 0.717) is 0 Å². The zero-order chi connectivity index (χ0) is 13.4. The van der Waals surface area contributed by atoms with Crippen LogP contribution < -0.4 is 0 Å². The highest BCUT2D eigenvalue weighted by molar-refractivity contribution is 5.80. The molecule has 0 unspecified atom stereocenters. The number of aliphatic carboxylic acids is 1. The smallest absolute Gasteiger partial charge is 0.313 e. The van der Waals surface area contributed by atoms with Gasteiger partial charge in [0.25, 0.3) is 0 Å². The number of rotatable bonds is 2. The molecule has 1 N–H and O–H groups in total. The fraction of sp³-hybridized carbons (Fsp3) is 0.533. The summed E-state index contributed by atoms with van der Waals surface area (Å²) in [6, 6.07) is 6.13. The van der Waals surface area contributed by atoms with Crippen molar-refractivity contribution in [1.29, 1.82) is 0 Å². The summed E-state index contributed by atoms with van der Waals surface area (Å²) in [5, 5.41) is 9.31. The SMILES string of the molecule is Cc1ccc(C(C)(C)C)cc1C(C)(C)C(=O)O. The summed E-state index contributed by atoms with van der Waals surface area (Å²) >= 11 is 0. The van der Waals surface area contributed by atoms with Crippen molar-refractivity contribution < 1.29 is 9.90 Å². The van der Waals surface area contributed by atoms with Crippen LogP contribution >= 0.6 is 0 Å². The van der Waals surface area contributed by atoms with Gasteiger partial charge in [0.15, 0.2) is 0 Å². The van der Waals surface area contributed by atoms with Crippen molar-refractivity contribution in [2.45, 2.75) is 52.4 Å². The van der Waals surface area contributed by atoms with Gasteiger partial charge in [-0.2, -0.15) is 0 Å². The van der Waals surface area contributed by atoms with Crippen molar-refractivity contribution in [2.75, 3.05) is 0 Å². The molecule has 94 valence electrons. The van der Waals surface area contributed by atoms with Crippen LogP contribution in [0.15, 0.2) is 18.2 Å². The third-order valence-corrected chi connectivity index (χ3v) is 3.31. The Hall–Kier alpha value is -1.31. The van der Waals surface area contributed by atoms with E-state index < -0.39 is 11.4 Å². The maximum Gasteiger partial charge on any atom is 0.313 e. The minimum absolute atomic E-state index is 0.0387. The number of carbonyl (C=O) groups is 1. The molecule has 1 aromatic rings. The molecule has 1 rings (SSSR count). The van der Waals surface area contributed by atoms with Crippen molar-refractivity contribution in [3.63, 3.8) is 0 Å². The summed E-state index contributed by atoms with van der Waals surface area (Å²) in [5.41, 5.74) is 2.30. The summed E-state index contributed by atoms with van der Waals surface area (Å²) in [6.07, 6.45) is 0. The van der Waals surface area contributed by atoms with E-state index in [0.717, 1.165) is 11.1 Å². The van der Waals surface area contributed by atoms with Crippen LogP contribution in [-0.4, -0.2) is 11.1 Å². The predicted molar refractivity (Wildman–Crippen MR) is 70.5 cm³/mol. The van der Waals surface area contributed by atoms with Crippen molar-refractivity contribution in [2.24, 2.45) is 0 Å². The van der Waals surface area contributed by atoms with Crippen LogP contribution in [0.2, 0.25) is 0 Å².